The number of urea groups is 1. The fourth-order valence-electron chi connectivity index (χ4n) is 1.85. The standard InChI is InChI=1S/C12H15N3O2/c1-2-8-7-14-12(17)15(11(8)16)10-5-3-9(13)4-6-10/h3-6,8H,2,7,13H2,1H3,(H,14,17). The van der Waals surface area contributed by atoms with Crippen molar-refractivity contribution in [3.05, 3.63) is 24.3 Å². The Morgan fingerprint density at radius 3 is 2.59 bits per heavy atom. The second-order valence-electron chi connectivity index (χ2n) is 4.06. The van der Waals surface area contributed by atoms with Crippen molar-refractivity contribution in [1.29, 1.82) is 0 Å². The Kier molecular flexibility index (Phi) is 2.99. The number of benzene rings is 1. The summed E-state index contributed by atoms with van der Waals surface area (Å²) in [4.78, 5) is 25.0. The molecule has 3 amide bonds. The number of rotatable bonds is 2. The number of carbonyl (C=O) groups is 2. The van der Waals surface area contributed by atoms with Gasteiger partial charge in [-0.3, -0.25) is 4.79 Å². The first-order chi connectivity index (χ1) is 8.13. The molecule has 5 heteroatoms. The van der Waals surface area contributed by atoms with E-state index in [2.05, 4.69) is 5.32 Å². The molecule has 1 aromatic rings. The number of nitrogen functional groups attached to an aromatic ring is 1. The Morgan fingerprint density at radius 2 is 2.00 bits per heavy atom. The fraction of sp³-hybridized carbons (Fsp3) is 0.333. The lowest BCUT2D eigenvalue weighted by atomic mass is 10.0. The lowest BCUT2D eigenvalue weighted by Crippen LogP contribution is -2.55. The average molecular weight is 233 g/mol. The average Bonchev–Trinajstić information content (AvgIpc) is 2.32. The summed E-state index contributed by atoms with van der Waals surface area (Å²) in [5, 5.41) is 2.71. The molecule has 0 aliphatic carbocycles. The van der Waals surface area contributed by atoms with Crippen LogP contribution in [-0.2, 0) is 4.79 Å². The number of carbonyl (C=O) groups excluding carboxylic acids is 2. The minimum absolute atomic E-state index is 0.148. The van der Waals surface area contributed by atoms with E-state index in [1.807, 2.05) is 6.92 Å². The highest BCUT2D eigenvalue weighted by Gasteiger charge is 2.33. The Labute approximate surface area is 99.6 Å². The first kappa shape index (κ1) is 11.4. The van der Waals surface area contributed by atoms with E-state index in [0.29, 0.717) is 24.3 Å². The molecule has 1 aromatic carbocycles. The van der Waals surface area contributed by atoms with Crippen molar-refractivity contribution in [2.24, 2.45) is 5.92 Å². The number of hydrogen-bond acceptors (Lipinski definition) is 3. The predicted octanol–water partition coefficient (Wildman–Crippen LogP) is 1.35. The molecule has 1 aliphatic rings. The summed E-state index contributed by atoms with van der Waals surface area (Å²) in [5.74, 6) is -0.300. The predicted molar refractivity (Wildman–Crippen MR) is 65.5 cm³/mol. The van der Waals surface area contributed by atoms with E-state index in [1.54, 1.807) is 24.3 Å². The second-order valence-corrected chi connectivity index (χ2v) is 4.06. The second kappa shape index (κ2) is 4.45. The minimum Gasteiger partial charge on any atom is -0.399 e. The smallest absolute Gasteiger partial charge is 0.328 e. The molecule has 0 aromatic heterocycles. The summed E-state index contributed by atoms with van der Waals surface area (Å²) >= 11 is 0. The summed E-state index contributed by atoms with van der Waals surface area (Å²) in [6, 6.07) is 6.32. The van der Waals surface area contributed by atoms with Crippen molar-refractivity contribution >= 4 is 23.3 Å². The summed E-state index contributed by atoms with van der Waals surface area (Å²) in [5.41, 5.74) is 6.73. The Hall–Kier alpha value is -2.04. The Morgan fingerprint density at radius 1 is 1.35 bits per heavy atom. The van der Waals surface area contributed by atoms with Crippen LogP contribution in [0.2, 0.25) is 0 Å². The molecule has 1 heterocycles. The van der Waals surface area contributed by atoms with Gasteiger partial charge in [0.1, 0.15) is 0 Å². The summed E-state index contributed by atoms with van der Waals surface area (Å²) in [6.07, 6.45) is 0.713. The minimum atomic E-state index is -0.371. The molecule has 0 radical (unpaired) electrons. The van der Waals surface area contributed by atoms with Gasteiger partial charge in [-0.2, -0.15) is 0 Å². The molecule has 1 fully saturated rings. The number of nitrogens with two attached hydrogens (primary N) is 1. The quantitative estimate of drug-likeness (QED) is 0.757. The molecule has 0 bridgehead atoms. The molecular weight excluding hydrogens is 218 g/mol. The van der Waals surface area contributed by atoms with Crippen molar-refractivity contribution in [2.75, 3.05) is 17.2 Å². The van der Waals surface area contributed by atoms with Crippen LogP contribution in [0.5, 0.6) is 0 Å². The SMILES string of the molecule is CCC1CNC(=O)N(c2ccc(N)cc2)C1=O. The molecule has 90 valence electrons. The molecule has 2 rings (SSSR count). The van der Waals surface area contributed by atoms with Crippen LogP contribution in [0, 0.1) is 5.92 Å². The van der Waals surface area contributed by atoms with Gasteiger partial charge in [0.05, 0.1) is 11.6 Å². The molecule has 0 spiro atoms. The maximum atomic E-state index is 12.1. The monoisotopic (exact) mass is 233 g/mol. The third-order valence-corrected chi connectivity index (χ3v) is 2.92. The highest BCUT2D eigenvalue weighted by molar-refractivity contribution is 6.16. The van der Waals surface area contributed by atoms with Gasteiger partial charge in [0.2, 0.25) is 5.91 Å². The summed E-state index contributed by atoms with van der Waals surface area (Å²) < 4.78 is 0. The van der Waals surface area contributed by atoms with Gasteiger partial charge in [-0.25, -0.2) is 9.69 Å². The van der Waals surface area contributed by atoms with Gasteiger partial charge in [0.25, 0.3) is 0 Å². The third-order valence-electron chi connectivity index (χ3n) is 2.92. The fourth-order valence-corrected chi connectivity index (χ4v) is 1.85. The van der Waals surface area contributed by atoms with Crippen LogP contribution in [0.15, 0.2) is 24.3 Å². The molecule has 17 heavy (non-hydrogen) atoms. The zero-order valence-corrected chi connectivity index (χ0v) is 9.64. The molecule has 1 atom stereocenters. The maximum Gasteiger partial charge on any atom is 0.328 e. The molecule has 5 nitrogen and oxygen atoms in total. The molecular formula is C12H15N3O2. The first-order valence-corrected chi connectivity index (χ1v) is 5.60. The van der Waals surface area contributed by atoms with E-state index in [1.165, 1.54) is 4.90 Å². The third kappa shape index (κ3) is 2.08. The number of imide groups is 1. The van der Waals surface area contributed by atoms with Crippen molar-refractivity contribution in [3.8, 4) is 0 Å². The van der Waals surface area contributed by atoms with Gasteiger partial charge < -0.3 is 11.1 Å². The van der Waals surface area contributed by atoms with Crippen molar-refractivity contribution in [3.63, 3.8) is 0 Å². The van der Waals surface area contributed by atoms with Gasteiger partial charge in [-0.15, -0.1) is 0 Å². The number of nitrogens with one attached hydrogen (secondary N) is 1. The van der Waals surface area contributed by atoms with E-state index < -0.39 is 0 Å². The van der Waals surface area contributed by atoms with E-state index in [-0.39, 0.29) is 17.9 Å². The highest BCUT2D eigenvalue weighted by Crippen LogP contribution is 2.22. The molecule has 1 unspecified atom stereocenters. The van der Waals surface area contributed by atoms with Gasteiger partial charge in [-0.05, 0) is 30.7 Å². The zero-order chi connectivity index (χ0) is 12.4. The van der Waals surface area contributed by atoms with E-state index >= 15 is 0 Å². The lowest BCUT2D eigenvalue weighted by Gasteiger charge is -2.30. The topological polar surface area (TPSA) is 75.4 Å². The first-order valence-electron chi connectivity index (χ1n) is 5.60. The maximum absolute atomic E-state index is 12.1. The normalized spacial score (nSPS) is 20.3. The summed E-state index contributed by atoms with van der Waals surface area (Å²) in [7, 11) is 0. The highest BCUT2D eigenvalue weighted by atomic mass is 16.2. The van der Waals surface area contributed by atoms with Crippen molar-refractivity contribution in [2.45, 2.75) is 13.3 Å². The molecule has 0 saturated carbocycles. The van der Waals surface area contributed by atoms with Crippen LogP contribution in [0.4, 0.5) is 16.2 Å². The molecule has 1 saturated heterocycles. The van der Waals surface area contributed by atoms with Crippen molar-refractivity contribution < 1.29 is 9.59 Å². The van der Waals surface area contributed by atoms with E-state index in [9.17, 15) is 9.59 Å². The van der Waals surface area contributed by atoms with Crippen LogP contribution in [-0.4, -0.2) is 18.5 Å². The number of nitrogens with zero attached hydrogens (tertiary/aromatic N) is 1. The van der Waals surface area contributed by atoms with Gasteiger partial charge in [-0.1, -0.05) is 6.92 Å². The number of anilines is 2. The lowest BCUT2D eigenvalue weighted by molar-refractivity contribution is -0.122. The van der Waals surface area contributed by atoms with Crippen LogP contribution in [0.3, 0.4) is 0 Å². The van der Waals surface area contributed by atoms with E-state index in [4.69, 9.17) is 5.73 Å². The van der Waals surface area contributed by atoms with Crippen LogP contribution in [0.25, 0.3) is 0 Å². The largest absolute Gasteiger partial charge is 0.399 e. The van der Waals surface area contributed by atoms with Crippen LogP contribution in [0.1, 0.15) is 13.3 Å². The molecule has 1 aliphatic heterocycles. The van der Waals surface area contributed by atoms with Gasteiger partial charge >= 0.3 is 6.03 Å². The van der Waals surface area contributed by atoms with Crippen molar-refractivity contribution in [1.82, 2.24) is 5.32 Å². The number of amides is 3. The van der Waals surface area contributed by atoms with Crippen LogP contribution < -0.4 is 16.0 Å². The Bertz CT molecular complexity index is 442. The van der Waals surface area contributed by atoms with Gasteiger partial charge in [0, 0.05) is 12.2 Å². The summed E-state index contributed by atoms with van der Waals surface area (Å²) in [6.45, 7) is 2.35. The van der Waals surface area contributed by atoms with Gasteiger partial charge in [0.15, 0.2) is 0 Å². The zero-order valence-electron chi connectivity index (χ0n) is 9.64. The Balaban J connectivity index is 2.31. The number of hydrogen-bond donors (Lipinski definition) is 2. The van der Waals surface area contributed by atoms with E-state index in [0.717, 1.165) is 0 Å². The molecule has 3 N–H and O–H groups in total. The van der Waals surface area contributed by atoms with Crippen LogP contribution >= 0.6 is 0 Å².